The van der Waals surface area contributed by atoms with Crippen molar-refractivity contribution in [3.8, 4) is 11.4 Å². The number of amides is 1. The van der Waals surface area contributed by atoms with Gasteiger partial charge in [-0.25, -0.2) is 4.98 Å². The van der Waals surface area contributed by atoms with Crippen molar-refractivity contribution in [2.45, 2.75) is 56.9 Å². The molecule has 4 aromatic rings. The molecular formula is C29H31N3O4S2. The summed E-state index contributed by atoms with van der Waals surface area (Å²) in [6, 6.07) is 17.1. The SMILES string of the molecule is COc1ccc(-n2c(S[C@@H](C)C(=O)NCc3ccccc3)nc3sc4c(c3c2=O)C[C@H](C(C)C)OC4)cc1. The Bertz CT molecular complexity index is 1500. The Morgan fingerprint density at radius 3 is 2.61 bits per heavy atom. The maximum Gasteiger partial charge on any atom is 0.267 e. The molecule has 0 fully saturated rings. The molecule has 2 atom stereocenters. The molecule has 2 aromatic carbocycles. The van der Waals surface area contributed by atoms with Crippen molar-refractivity contribution in [1.82, 2.24) is 14.9 Å². The Labute approximate surface area is 230 Å². The zero-order chi connectivity index (χ0) is 26.8. The first-order valence-electron chi connectivity index (χ1n) is 12.7. The first-order valence-corrected chi connectivity index (χ1v) is 14.4. The molecule has 9 heteroatoms. The van der Waals surface area contributed by atoms with Crippen molar-refractivity contribution < 1.29 is 14.3 Å². The molecule has 7 nitrogen and oxygen atoms in total. The van der Waals surface area contributed by atoms with Crippen LogP contribution in [0.15, 0.2) is 64.5 Å². The van der Waals surface area contributed by atoms with Gasteiger partial charge in [0.15, 0.2) is 5.16 Å². The van der Waals surface area contributed by atoms with Gasteiger partial charge < -0.3 is 14.8 Å². The molecule has 0 aliphatic carbocycles. The number of nitrogens with zero attached hydrogens (tertiary/aromatic N) is 2. The van der Waals surface area contributed by atoms with E-state index in [9.17, 15) is 9.59 Å². The van der Waals surface area contributed by atoms with Gasteiger partial charge in [-0.05, 0) is 48.2 Å². The number of carbonyl (C=O) groups excluding carboxylic acids is 1. The molecule has 1 aliphatic rings. The van der Waals surface area contributed by atoms with Crippen LogP contribution in [0, 0.1) is 5.92 Å². The van der Waals surface area contributed by atoms with Crippen LogP contribution < -0.4 is 15.6 Å². The van der Waals surface area contributed by atoms with E-state index in [1.54, 1.807) is 11.7 Å². The van der Waals surface area contributed by atoms with Crippen molar-refractivity contribution in [2.75, 3.05) is 7.11 Å². The molecular weight excluding hydrogens is 518 g/mol. The lowest BCUT2D eigenvalue weighted by Crippen LogP contribution is -2.31. The number of rotatable bonds is 8. The van der Waals surface area contributed by atoms with E-state index in [4.69, 9.17) is 14.5 Å². The monoisotopic (exact) mass is 549 g/mol. The van der Waals surface area contributed by atoms with Crippen LogP contribution in [0.4, 0.5) is 0 Å². The molecule has 3 heterocycles. The van der Waals surface area contributed by atoms with Crippen molar-refractivity contribution in [1.29, 1.82) is 0 Å². The zero-order valence-corrected chi connectivity index (χ0v) is 23.5. The predicted molar refractivity (Wildman–Crippen MR) is 152 cm³/mol. The molecule has 0 saturated carbocycles. The number of hydrogen-bond donors (Lipinski definition) is 1. The van der Waals surface area contributed by atoms with Crippen LogP contribution in [0.3, 0.4) is 0 Å². The maximum atomic E-state index is 14.1. The van der Waals surface area contributed by atoms with E-state index >= 15 is 0 Å². The Balaban J connectivity index is 1.53. The van der Waals surface area contributed by atoms with Crippen LogP contribution in [0.1, 0.15) is 36.8 Å². The minimum atomic E-state index is -0.462. The zero-order valence-electron chi connectivity index (χ0n) is 21.9. The highest BCUT2D eigenvalue weighted by Crippen LogP contribution is 2.37. The number of ether oxygens (including phenoxy) is 2. The summed E-state index contributed by atoms with van der Waals surface area (Å²) >= 11 is 2.79. The normalized spacial score (nSPS) is 15.9. The molecule has 0 unspecified atom stereocenters. The molecule has 0 saturated heterocycles. The third-order valence-electron chi connectivity index (χ3n) is 6.75. The highest BCUT2D eigenvalue weighted by Gasteiger charge is 2.29. The Kier molecular flexibility index (Phi) is 7.88. The summed E-state index contributed by atoms with van der Waals surface area (Å²) in [6.07, 6.45) is 0.758. The average molecular weight is 550 g/mol. The topological polar surface area (TPSA) is 82.5 Å². The largest absolute Gasteiger partial charge is 0.497 e. The lowest BCUT2D eigenvalue weighted by Gasteiger charge is -2.26. The van der Waals surface area contributed by atoms with Gasteiger partial charge in [0.1, 0.15) is 10.6 Å². The molecule has 198 valence electrons. The summed E-state index contributed by atoms with van der Waals surface area (Å²) in [5, 5.41) is 3.67. The van der Waals surface area contributed by atoms with E-state index in [0.29, 0.717) is 52.3 Å². The number of fused-ring (bicyclic) bond motifs is 3. The van der Waals surface area contributed by atoms with Gasteiger partial charge in [0.05, 0.1) is 36.1 Å². The highest BCUT2D eigenvalue weighted by atomic mass is 32.2. The van der Waals surface area contributed by atoms with Crippen LogP contribution in [0.25, 0.3) is 15.9 Å². The van der Waals surface area contributed by atoms with Gasteiger partial charge in [-0.15, -0.1) is 11.3 Å². The number of aromatic nitrogens is 2. The van der Waals surface area contributed by atoms with Crippen LogP contribution in [-0.2, 0) is 29.1 Å². The second kappa shape index (κ2) is 11.3. The standard InChI is InChI=1S/C29H31N3O4S2/c1-17(2)23-14-22-24(16-36-23)38-27-25(22)28(34)32(20-10-12-21(35-4)13-11-20)29(31-27)37-18(3)26(33)30-15-19-8-6-5-7-9-19/h5-13,17-18,23H,14-16H2,1-4H3,(H,30,33)/t18-,23+/m0/s1. The molecule has 2 aromatic heterocycles. The number of hydrogen-bond acceptors (Lipinski definition) is 7. The molecule has 1 aliphatic heterocycles. The minimum Gasteiger partial charge on any atom is -0.497 e. The Morgan fingerprint density at radius 2 is 1.92 bits per heavy atom. The fourth-order valence-electron chi connectivity index (χ4n) is 4.51. The summed E-state index contributed by atoms with van der Waals surface area (Å²) in [4.78, 5) is 33.8. The summed E-state index contributed by atoms with van der Waals surface area (Å²) in [5.41, 5.74) is 2.62. The minimum absolute atomic E-state index is 0.0662. The molecule has 0 spiro atoms. The lowest BCUT2D eigenvalue weighted by molar-refractivity contribution is -0.120. The molecule has 5 rings (SSSR count). The predicted octanol–water partition coefficient (Wildman–Crippen LogP) is 5.35. The summed E-state index contributed by atoms with van der Waals surface area (Å²) in [5.74, 6) is 0.927. The van der Waals surface area contributed by atoms with E-state index in [2.05, 4.69) is 19.2 Å². The van der Waals surface area contributed by atoms with E-state index in [-0.39, 0.29) is 17.6 Å². The highest BCUT2D eigenvalue weighted by molar-refractivity contribution is 8.00. The fourth-order valence-corrected chi connectivity index (χ4v) is 6.63. The molecule has 0 radical (unpaired) electrons. The van der Waals surface area contributed by atoms with Gasteiger partial charge in [-0.3, -0.25) is 14.2 Å². The third kappa shape index (κ3) is 5.36. The number of thioether (sulfide) groups is 1. The van der Waals surface area contributed by atoms with Gasteiger partial charge in [0, 0.05) is 17.8 Å². The number of benzene rings is 2. The maximum absolute atomic E-state index is 14.1. The van der Waals surface area contributed by atoms with E-state index in [1.807, 2.05) is 61.5 Å². The average Bonchev–Trinajstić information content (AvgIpc) is 3.30. The second-order valence-electron chi connectivity index (χ2n) is 9.68. The van der Waals surface area contributed by atoms with Gasteiger partial charge in [0.2, 0.25) is 5.91 Å². The van der Waals surface area contributed by atoms with E-state index in [1.165, 1.54) is 23.1 Å². The summed E-state index contributed by atoms with van der Waals surface area (Å²) in [6.45, 7) is 7.04. The first-order chi connectivity index (χ1) is 18.4. The fraction of sp³-hybridized carbons (Fsp3) is 0.345. The molecule has 1 N–H and O–H groups in total. The second-order valence-corrected chi connectivity index (χ2v) is 12.1. The Hall–Kier alpha value is -3.14. The number of thiophene rings is 1. The van der Waals surface area contributed by atoms with Crippen molar-refractivity contribution in [3.63, 3.8) is 0 Å². The first kappa shape index (κ1) is 26.5. The van der Waals surface area contributed by atoms with Crippen LogP contribution in [0.2, 0.25) is 0 Å². The molecule has 1 amide bonds. The quantitative estimate of drug-likeness (QED) is 0.236. The van der Waals surface area contributed by atoms with Crippen LogP contribution >= 0.6 is 23.1 Å². The van der Waals surface area contributed by atoms with Crippen molar-refractivity contribution >= 4 is 39.2 Å². The van der Waals surface area contributed by atoms with Gasteiger partial charge >= 0.3 is 0 Å². The number of nitrogens with one attached hydrogen (secondary N) is 1. The van der Waals surface area contributed by atoms with E-state index in [0.717, 1.165) is 16.0 Å². The Morgan fingerprint density at radius 1 is 1.18 bits per heavy atom. The van der Waals surface area contributed by atoms with E-state index < -0.39 is 5.25 Å². The molecule has 38 heavy (non-hydrogen) atoms. The lowest BCUT2D eigenvalue weighted by atomic mass is 9.96. The van der Waals surface area contributed by atoms with Crippen molar-refractivity contribution in [2.24, 2.45) is 5.92 Å². The van der Waals surface area contributed by atoms with Crippen LogP contribution in [0.5, 0.6) is 5.75 Å². The summed E-state index contributed by atoms with van der Waals surface area (Å²) < 4.78 is 13.0. The van der Waals surface area contributed by atoms with Crippen LogP contribution in [-0.4, -0.2) is 33.9 Å². The smallest absolute Gasteiger partial charge is 0.267 e. The van der Waals surface area contributed by atoms with Gasteiger partial charge in [-0.1, -0.05) is 55.9 Å². The molecule has 0 bridgehead atoms. The van der Waals surface area contributed by atoms with Crippen molar-refractivity contribution in [3.05, 3.63) is 81.0 Å². The summed E-state index contributed by atoms with van der Waals surface area (Å²) in [7, 11) is 1.61. The number of carbonyl (C=O) groups is 1. The third-order valence-corrected chi connectivity index (χ3v) is 8.90. The van der Waals surface area contributed by atoms with Gasteiger partial charge in [-0.2, -0.15) is 0 Å². The number of methoxy groups -OCH3 is 1. The van der Waals surface area contributed by atoms with Gasteiger partial charge in [0.25, 0.3) is 5.56 Å².